The molecular formula is C15H16N2O3S. The highest BCUT2D eigenvalue weighted by Gasteiger charge is 2.28. The van der Waals surface area contributed by atoms with E-state index >= 15 is 0 Å². The van der Waals surface area contributed by atoms with Gasteiger partial charge in [-0.1, -0.05) is 26.0 Å². The second kappa shape index (κ2) is 4.82. The number of nitrogens with zero attached hydrogens (tertiary/aromatic N) is 1. The van der Waals surface area contributed by atoms with Crippen molar-refractivity contribution < 1.29 is 13.2 Å². The van der Waals surface area contributed by atoms with Crippen molar-refractivity contribution in [1.82, 2.24) is 4.31 Å². The van der Waals surface area contributed by atoms with Crippen LogP contribution in [0.25, 0.3) is 10.8 Å². The van der Waals surface area contributed by atoms with Gasteiger partial charge in [-0.25, -0.2) is 8.42 Å². The van der Waals surface area contributed by atoms with Crippen LogP contribution in [-0.2, 0) is 10.0 Å². The van der Waals surface area contributed by atoms with Gasteiger partial charge in [-0.3, -0.25) is 4.79 Å². The van der Waals surface area contributed by atoms with Crippen LogP contribution in [0.1, 0.15) is 24.2 Å². The smallest absolute Gasteiger partial charge is 0.256 e. The van der Waals surface area contributed by atoms with Gasteiger partial charge in [0, 0.05) is 35.1 Å². The molecule has 3 rings (SSSR count). The van der Waals surface area contributed by atoms with E-state index < -0.39 is 10.0 Å². The molecule has 110 valence electrons. The monoisotopic (exact) mass is 304 g/mol. The number of carbonyl (C=O) groups is 1. The first kappa shape index (κ1) is 14.0. The molecular weight excluding hydrogens is 288 g/mol. The maximum Gasteiger partial charge on any atom is 0.256 e. The van der Waals surface area contributed by atoms with Gasteiger partial charge < -0.3 is 5.32 Å². The fourth-order valence-corrected chi connectivity index (χ4v) is 4.44. The summed E-state index contributed by atoms with van der Waals surface area (Å²) in [5.41, 5.74) is 1.20. The molecule has 2 aromatic carbocycles. The third-order valence-electron chi connectivity index (χ3n) is 3.82. The first-order valence-corrected chi connectivity index (χ1v) is 8.32. The van der Waals surface area contributed by atoms with E-state index in [1.165, 1.54) is 10.4 Å². The predicted molar refractivity (Wildman–Crippen MR) is 82.0 cm³/mol. The highest BCUT2D eigenvalue weighted by atomic mass is 32.2. The molecule has 2 aromatic rings. The van der Waals surface area contributed by atoms with Crippen LogP contribution in [0.15, 0.2) is 35.2 Å². The minimum absolute atomic E-state index is 0.187. The van der Waals surface area contributed by atoms with Crippen LogP contribution in [0.3, 0.4) is 0 Å². The van der Waals surface area contributed by atoms with Crippen molar-refractivity contribution in [3.05, 3.63) is 35.9 Å². The van der Waals surface area contributed by atoms with Crippen LogP contribution in [0, 0.1) is 0 Å². The van der Waals surface area contributed by atoms with Gasteiger partial charge in [0.2, 0.25) is 10.0 Å². The Bertz CT molecular complexity index is 839. The Kier molecular flexibility index (Phi) is 3.22. The molecule has 1 amide bonds. The summed E-state index contributed by atoms with van der Waals surface area (Å²) in [6.45, 7) is 4.45. The molecule has 0 aliphatic carbocycles. The summed E-state index contributed by atoms with van der Waals surface area (Å²) in [4.78, 5) is 12.1. The van der Waals surface area contributed by atoms with Gasteiger partial charge >= 0.3 is 0 Å². The van der Waals surface area contributed by atoms with E-state index in [-0.39, 0.29) is 10.8 Å². The Morgan fingerprint density at radius 1 is 1.10 bits per heavy atom. The Labute approximate surface area is 123 Å². The first-order valence-electron chi connectivity index (χ1n) is 6.88. The van der Waals surface area contributed by atoms with E-state index in [2.05, 4.69) is 5.32 Å². The topological polar surface area (TPSA) is 66.5 Å². The van der Waals surface area contributed by atoms with E-state index in [0.717, 1.165) is 0 Å². The number of sulfonamides is 1. The molecule has 0 atom stereocenters. The van der Waals surface area contributed by atoms with E-state index in [4.69, 9.17) is 0 Å². The molecule has 0 saturated carbocycles. The minimum atomic E-state index is -3.56. The molecule has 0 bridgehead atoms. The molecule has 0 radical (unpaired) electrons. The van der Waals surface area contributed by atoms with Gasteiger partial charge in [0.15, 0.2) is 0 Å². The van der Waals surface area contributed by atoms with E-state index in [1.54, 1.807) is 24.3 Å². The van der Waals surface area contributed by atoms with Gasteiger partial charge in [-0.15, -0.1) is 0 Å². The molecule has 0 aromatic heterocycles. The average Bonchev–Trinajstić information content (AvgIpc) is 2.78. The number of hydrogen-bond donors (Lipinski definition) is 1. The lowest BCUT2D eigenvalue weighted by molar-refractivity contribution is 0.103. The van der Waals surface area contributed by atoms with Gasteiger partial charge in [0.05, 0.1) is 4.90 Å². The zero-order valence-corrected chi connectivity index (χ0v) is 12.7. The standard InChI is InChI=1S/C15H16N2O3S/c1-3-17(4-2)21(19,20)13-9-8-11-14-10(13)6-5-7-12(14)16-15(11)18/h5-9H,3-4H2,1-2H3,(H,16,18). The maximum atomic E-state index is 12.8. The van der Waals surface area contributed by atoms with E-state index in [1.807, 2.05) is 13.8 Å². The molecule has 1 N–H and O–H groups in total. The lowest BCUT2D eigenvalue weighted by Crippen LogP contribution is -2.30. The Balaban J connectivity index is 2.33. The van der Waals surface area contributed by atoms with Crippen LogP contribution >= 0.6 is 0 Å². The zero-order chi connectivity index (χ0) is 15.2. The summed E-state index contributed by atoms with van der Waals surface area (Å²) >= 11 is 0. The predicted octanol–water partition coefficient (Wildman–Crippen LogP) is 2.44. The number of carbonyl (C=O) groups excluding carboxylic acids is 1. The molecule has 1 aliphatic rings. The van der Waals surface area contributed by atoms with Gasteiger partial charge in [0.1, 0.15) is 0 Å². The number of benzene rings is 2. The largest absolute Gasteiger partial charge is 0.321 e. The number of amides is 1. The average molecular weight is 304 g/mol. The normalized spacial score (nSPS) is 14.0. The molecule has 6 heteroatoms. The zero-order valence-electron chi connectivity index (χ0n) is 11.9. The summed E-state index contributed by atoms with van der Waals surface area (Å²) < 4.78 is 26.9. The second-order valence-electron chi connectivity index (χ2n) is 4.88. The highest BCUT2D eigenvalue weighted by Crippen LogP contribution is 2.37. The Hall–Kier alpha value is -1.92. The van der Waals surface area contributed by atoms with Crippen molar-refractivity contribution in [2.75, 3.05) is 18.4 Å². The van der Waals surface area contributed by atoms with Gasteiger partial charge in [-0.05, 0) is 18.2 Å². The molecule has 1 heterocycles. The molecule has 0 spiro atoms. The lowest BCUT2D eigenvalue weighted by atomic mass is 10.1. The summed E-state index contributed by atoms with van der Waals surface area (Å²) in [7, 11) is -3.56. The number of hydrogen-bond acceptors (Lipinski definition) is 3. The SMILES string of the molecule is CCN(CC)S(=O)(=O)c1ccc2c3c(cccc13)NC2=O. The van der Waals surface area contributed by atoms with Crippen LogP contribution in [0.2, 0.25) is 0 Å². The van der Waals surface area contributed by atoms with Gasteiger partial charge in [0.25, 0.3) is 5.91 Å². The Morgan fingerprint density at radius 3 is 2.48 bits per heavy atom. The first-order chi connectivity index (χ1) is 10.0. The van der Waals surface area contributed by atoms with E-state index in [9.17, 15) is 13.2 Å². The van der Waals surface area contributed by atoms with Crippen molar-refractivity contribution in [3.63, 3.8) is 0 Å². The molecule has 0 saturated heterocycles. The van der Waals surface area contributed by atoms with Crippen molar-refractivity contribution in [2.45, 2.75) is 18.7 Å². The number of rotatable bonds is 4. The number of nitrogens with one attached hydrogen (secondary N) is 1. The molecule has 0 unspecified atom stereocenters. The third kappa shape index (κ3) is 1.94. The van der Waals surface area contributed by atoms with Crippen LogP contribution in [-0.4, -0.2) is 31.7 Å². The van der Waals surface area contributed by atoms with Crippen LogP contribution in [0.4, 0.5) is 5.69 Å². The van der Waals surface area contributed by atoms with Crippen LogP contribution in [0.5, 0.6) is 0 Å². The fraction of sp³-hybridized carbons (Fsp3) is 0.267. The lowest BCUT2D eigenvalue weighted by Gasteiger charge is -2.19. The molecule has 0 fully saturated rings. The summed E-state index contributed by atoms with van der Waals surface area (Å²) in [6.07, 6.45) is 0. The van der Waals surface area contributed by atoms with E-state index in [0.29, 0.717) is 35.1 Å². The quantitative estimate of drug-likeness (QED) is 0.943. The second-order valence-corrected chi connectivity index (χ2v) is 6.79. The highest BCUT2D eigenvalue weighted by molar-refractivity contribution is 7.89. The van der Waals surface area contributed by atoms with Gasteiger partial charge in [-0.2, -0.15) is 4.31 Å². The minimum Gasteiger partial charge on any atom is -0.321 e. The molecule has 21 heavy (non-hydrogen) atoms. The summed E-state index contributed by atoms with van der Waals surface area (Å²) in [6, 6.07) is 8.41. The summed E-state index contributed by atoms with van der Waals surface area (Å²) in [5.74, 6) is -0.187. The van der Waals surface area contributed by atoms with Crippen molar-refractivity contribution >= 4 is 32.4 Å². The molecule has 1 aliphatic heterocycles. The van der Waals surface area contributed by atoms with Crippen molar-refractivity contribution in [2.24, 2.45) is 0 Å². The van der Waals surface area contributed by atoms with Crippen molar-refractivity contribution in [1.29, 1.82) is 0 Å². The summed E-state index contributed by atoms with van der Waals surface area (Å²) in [5, 5.41) is 4.04. The third-order valence-corrected chi connectivity index (χ3v) is 5.92. The van der Waals surface area contributed by atoms with Crippen LogP contribution < -0.4 is 5.32 Å². The Morgan fingerprint density at radius 2 is 1.81 bits per heavy atom. The fourth-order valence-electron chi connectivity index (χ4n) is 2.79. The number of anilines is 1. The van der Waals surface area contributed by atoms with Crippen molar-refractivity contribution in [3.8, 4) is 0 Å². The molecule has 5 nitrogen and oxygen atoms in total. The maximum absolute atomic E-state index is 12.8.